The molecule has 2 aromatic heterocycles. The van der Waals surface area contributed by atoms with Gasteiger partial charge >= 0.3 is 6.36 Å². The summed E-state index contributed by atoms with van der Waals surface area (Å²) in [5, 5.41) is 7.90. The summed E-state index contributed by atoms with van der Waals surface area (Å²) in [6.07, 6.45) is -0.00756. The number of ether oxygens (including phenoxy) is 1. The molecule has 1 aromatic carbocycles. The quantitative estimate of drug-likeness (QED) is 0.654. The summed E-state index contributed by atoms with van der Waals surface area (Å²) < 4.78 is 44.0. The second-order valence-corrected chi connectivity index (χ2v) is 7.80. The lowest BCUT2D eigenvalue weighted by Gasteiger charge is -2.20. The number of hydrogen-bond donors (Lipinski definition) is 0. The van der Waals surface area contributed by atoms with Gasteiger partial charge in [-0.05, 0) is 48.3 Å². The number of aromatic nitrogens is 4. The lowest BCUT2D eigenvalue weighted by molar-refractivity contribution is -0.275. The van der Waals surface area contributed by atoms with Crippen molar-refractivity contribution in [2.45, 2.75) is 25.1 Å². The Morgan fingerprint density at radius 1 is 1.07 bits per heavy atom. The Bertz CT molecular complexity index is 1090. The van der Waals surface area contributed by atoms with E-state index in [2.05, 4.69) is 19.9 Å². The molecular weight excluding hydrogens is 399 g/mol. The van der Waals surface area contributed by atoms with Gasteiger partial charge in [0.2, 0.25) is 5.82 Å². The highest BCUT2D eigenvalue weighted by Crippen LogP contribution is 2.48. The predicted octanol–water partition coefficient (Wildman–Crippen LogP) is 3.29. The van der Waals surface area contributed by atoms with E-state index in [1.54, 1.807) is 46.0 Å². The number of amides is 1. The molecule has 0 N–H and O–H groups in total. The number of halogens is 3. The van der Waals surface area contributed by atoms with Crippen LogP contribution in [0.1, 0.15) is 34.9 Å². The topological polar surface area (TPSA) is 72.6 Å². The van der Waals surface area contributed by atoms with E-state index in [-0.39, 0.29) is 35.2 Å². The second-order valence-electron chi connectivity index (χ2n) is 7.80. The first-order valence-electron chi connectivity index (χ1n) is 9.69. The van der Waals surface area contributed by atoms with Crippen LogP contribution in [0.5, 0.6) is 5.75 Å². The van der Waals surface area contributed by atoms with Crippen molar-refractivity contribution >= 4 is 11.7 Å². The molecule has 1 saturated carbocycles. The third kappa shape index (κ3) is 3.35. The average Bonchev–Trinajstić information content (AvgIpc) is 3.39. The maximum Gasteiger partial charge on any atom is 0.573 e. The van der Waals surface area contributed by atoms with Crippen molar-refractivity contribution < 1.29 is 22.7 Å². The van der Waals surface area contributed by atoms with Gasteiger partial charge < -0.3 is 9.64 Å². The van der Waals surface area contributed by atoms with Crippen molar-refractivity contribution in [1.29, 1.82) is 0 Å². The number of benzene rings is 1. The zero-order valence-corrected chi connectivity index (χ0v) is 15.8. The highest BCUT2D eigenvalue weighted by Gasteiger charge is 2.44. The number of carbonyl (C=O) groups is 1. The Balaban J connectivity index is 1.30. The Morgan fingerprint density at radius 2 is 1.80 bits per heavy atom. The number of nitrogens with zero attached hydrogens (tertiary/aromatic N) is 5. The molecule has 1 unspecified atom stereocenters. The molecule has 7 nitrogen and oxygen atoms in total. The molecule has 3 heterocycles. The molecule has 0 bridgehead atoms. The first kappa shape index (κ1) is 18.8. The van der Waals surface area contributed by atoms with E-state index in [9.17, 15) is 18.0 Å². The molecule has 1 aliphatic carbocycles. The lowest BCUT2D eigenvalue weighted by Crippen LogP contribution is -2.31. The van der Waals surface area contributed by atoms with Crippen molar-refractivity contribution in [3.63, 3.8) is 0 Å². The smallest absolute Gasteiger partial charge is 0.405 e. The summed E-state index contributed by atoms with van der Waals surface area (Å²) in [7, 11) is 0. The zero-order chi connectivity index (χ0) is 20.9. The molecule has 1 aliphatic heterocycles. The normalized spacial score (nSPS) is 23.7. The summed E-state index contributed by atoms with van der Waals surface area (Å²) in [6.45, 7) is 1.11. The molecule has 30 heavy (non-hydrogen) atoms. The summed E-state index contributed by atoms with van der Waals surface area (Å²) in [5.74, 6) is 0.687. The average molecular weight is 417 g/mol. The van der Waals surface area contributed by atoms with Crippen LogP contribution in [0, 0.1) is 11.8 Å². The third-order valence-corrected chi connectivity index (χ3v) is 6.00. The number of rotatable bonds is 3. The van der Waals surface area contributed by atoms with Crippen LogP contribution in [0.3, 0.4) is 0 Å². The van der Waals surface area contributed by atoms with E-state index < -0.39 is 6.36 Å². The summed E-state index contributed by atoms with van der Waals surface area (Å²) in [6, 6.07) is 8.03. The first-order valence-corrected chi connectivity index (χ1v) is 9.69. The molecule has 5 rings (SSSR count). The van der Waals surface area contributed by atoms with Gasteiger partial charge in [-0.1, -0.05) is 18.2 Å². The van der Waals surface area contributed by atoms with E-state index in [1.165, 1.54) is 6.07 Å². The van der Waals surface area contributed by atoms with E-state index in [1.807, 2.05) is 0 Å². The molecule has 2 aliphatic rings. The van der Waals surface area contributed by atoms with Crippen molar-refractivity contribution in [3.8, 4) is 5.75 Å². The fourth-order valence-corrected chi connectivity index (χ4v) is 4.79. The van der Waals surface area contributed by atoms with Gasteiger partial charge in [0.05, 0.1) is 0 Å². The van der Waals surface area contributed by atoms with Crippen molar-refractivity contribution in [3.05, 3.63) is 54.1 Å². The van der Waals surface area contributed by atoms with Crippen molar-refractivity contribution in [2.24, 2.45) is 11.8 Å². The molecule has 156 valence electrons. The van der Waals surface area contributed by atoms with E-state index >= 15 is 0 Å². The third-order valence-electron chi connectivity index (χ3n) is 6.00. The Hall–Kier alpha value is -3.17. The molecule has 10 heteroatoms. The minimum absolute atomic E-state index is 0.0195. The number of likely N-dealkylation sites (tertiary alicyclic amines) is 1. The Kier molecular flexibility index (Phi) is 4.37. The lowest BCUT2D eigenvalue weighted by atomic mass is 9.95. The van der Waals surface area contributed by atoms with Gasteiger partial charge in [-0.3, -0.25) is 9.20 Å². The number of fused-ring (bicyclic) bond motifs is 2. The summed E-state index contributed by atoms with van der Waals surface area (Å²) in [5.41, 5.74) is 0.580. The fourth-order valence-electron chi connectivity index (χ4n) is 4.79. The monoisotopic (exact) mass is 417 g/mol. The first-order chi connectivity index (χ1) is 14.4. The minimum Gasteiger partial charge on any atom is -0.405 e. The highest BCUT2D eigenvalue weighted by molar-refractivity contribution is 5.91. The highest BCUT2D eigenvalue weighted by atomic mass is 19.4. The molecule has 3 atom stereocenters. The maximum absolute atomic E-state index is 12.9. The van der Waals surface area contributed by atoms with Gasteiger partial charge in [-0.2, -0.15) is 0 Å². The summed E-state index contributed by atoms with van der Waals surface area (Å²) >= 11 is 0. The van der Waals surface area contributed by atoms with Gasteiger partial charge in [-0.15, -0.1) is 23.4 Å². The van der Waals surface area contributed by atoms with Gasteiger partial charge in [0.1, 0.15) is 5.75 Å². The molecule has 1 amide bonds. The standard InChI is InChI=1S/C20H18F3N5O2/c21-20(22,23)30-16-5-2-1-4-15(16)12-8-13-10-27(11-14(13)9-12)18(29)17-25-26-19-24-6-3-7-28(17)19/h1-7,12-14H,8-11H2/t12?,13-,14+. The number of carbonyl (C=O) groups excluding carboxylic acids is 1. The second kappa shape index (κ2) is 6.96. The minimum atomic E-state index is -4.72. The number of hydrogen-bond acceptors (Lipinski definition) is 5. The zero-order valence-electron chi connectivity index (χ0n) is 15.8. The number of para-hydroxylation sites is 1. The van der Waals surface area contributed by atoms with Crippen molar-refractivity contribution in [2.75, 3.05) is 13.1 Å². The maximum atomic E-state index is 12.9. The Morgan fingerprint density at radius 3 is 2.53 bits per heavy atom. The van der Waals surface area contributed by atoms with Gasteiger partial charge in [-0.25, -0.2) is 4.98 Å². The van der Waals surface area contributed by atoms with Gasteiger partial charge in [0, 0.05) is 25.5 Å². The Labute approximate surface area is 169 Å². The summed E-state index contributed by atoms with van der Waals surface area (Å²) in [4.78, 5) is 18.8. The molecule has 0 radical (unpaired) electrons. The molecule has 0 spiro atoms. The van der Waals surface area contributed by atoms with Crippen LogP contribution in [-0.4, -0.2) is 49.8 Å². The molecule has 1 saturated heterocycles. The molecule has 3 aromatic rings. The fraction of sp³-hybridized carbons (Fsp3) is 0.400. The van der Waals surface area contributed by atoms with Crippen LogP contribution >= 0.6 is 0 Å². The predicted molar refractivity (Wildman–Crippen MR) is 98.8 cm³/mol. The van der Waals surface area contributed by atoms with Crippen molar-refractivity contribution in [1.82, 2.24) is 24.5 Å². The SMILES string of the molecule is O=C(c1nnc2ncccn12)N1C[C@H]2CC(c3ccccc3OC(F)(F)F)C[C@H]2C1. The van der Waals surface area contributed by atoms with Crippen LogP contribution in [0.4, 0.5) is 13.2 Å². The number of alkyl halides is 3. The van der Waals surface area contributed by atoms with E-state index in [0.29, 0.717) is 24.4 Å². The molecule has 2 fully saturated rings. The van der Waals surface area contributed by atoms with Crippen LogP contribution in [0.15, 0.2) is 42.7 Å². The van der Waals surface area contributed by atoms with E-state index in [0.717, 1.165) is 12.8 Å². The van der Waals surface area contributed by atoms with Crippen LogP contribution < -0.4 is 4.74 Å². The molecular formula is C20H18F3N5O2. The van der Waals surface area contributed by atoms with Gasteiger partial charge in [0.15, 0.2) is 0 Å². The van der Waals surface area contributed by atoms with Crippen LogP contribution in [-0.2, 0) is 0 Å². The largest absolute Gasteiger partial charge is 0.573 e. The van der Waals surface area contributed by atoms with Crippen LogP contribution in [0.25, 0.3) is 5.78 Å². The van der Waals surface area contributed by atoms with Gasteiger partial charge in [0.25, 0.3) is 11.7 Å². The van der Waals surface area contributed by atoms with Crippen LogP contribution in [0.2, 0.25) is 0 Å². The van der Waals surface area contributed by atoms with E-state index in [4.69, 9.17) is 0 Å².